The van der Waals surface area contributed by atoms with Crippen LogP contribution in [0.4, 0.5) is 0 Å². The Labute approximate surface area is 180 Å². The molecule has 0 bridgehead atoms. The molecule has 1 N–H and O–H groups in total. The van der Waals surface area contributed by atoms with Crippen LogP contribution in [-0.4, -0.2) is 74.0 Å². The monoisotopic (exact) mass is 423 g/mol. The summed E-state index contributed by atoms with van der Waals surface area (Å²) in [5, 5.41) is 2.90. The van der Waals surface area contributed by atoms with E-state index in [0.29, 0.717) is 30.9 Å². The van der Waals surface area contributed by atoms with Crippen LogP contribution in [0.1, 0.15) is 32.3 Å². The fraction of sp³-hybridized carbons (Fsp3) is 0.348. The summed E-state index contributed by atoms with van der Waals surface area (Å²) in [6, 6.07) is 14.3. The van der Waals surface area contributed by atoms with E-state index in [1.165, 1.54) is 0 Å². The first-order chi connectivity index (χ1) is 15.1. The zero-order chi connectivity index (χ0) is 21.8. The van der Waals surface area contributed by atoms with Gasteiger partial charge in [-0.25, -0.2) is 0 Å². The lowest BCUT2D eigenvalue weighted by Gasteiger charge is -2.35. The van der Waals surface area contributed by atoms with Gasteiger partial charge in [0.1, 0.15) is 12.3 Å². The molecule has 1 atom stereocenters. The Morgan fingerprint density at radius 1 is 1.03 bits per heavy atom. The molecular weight excluding hydrogens is 398 g/mol. The van der Waals surface area contributed by atoms with Gasteiger partial charge in [-0.2, -0.15) is 0 Å². The first kappa shape index (κ1) is 21.0. The third-order valence-electron chi connectivity index (χ3n) is 5.66. The van der Waals surface area contributed by atoms with Crippen LogP contribution < -0.4 is 10.1 Å². The van der Waals surface area contributed by atoms with Gasteiger partial charge in [-0.3, -0.25) is 24.2 Å². The molecule has 0 radical (unpaired) electrons. The summed E-state index contributed by atoms with van der Waals surface area (Å²) in [4.78, 5) is 40.9. The van der Waals surface area contributed by atoms with Crippen molar-refractivity contribution in [1.29, 1.82) is 0 Å². The molecule has 2 aliphatic rings. The van der Waals surface area contributed by atoms with Crippen LogP contribution in [0.3, 0.4) is 0 Å². The van der Waals surface area contributed by atoms with Crippen molar-refractivity contribution in [2.75, 3.05) is 46.5 Å². The number of morpholine rings is 1. The van der Waals surface area contributed by atoms with Crippen molar-refractivity contribution in [1.82, 2.24) is 15.1 Å². The molecule has 1 fully saturated rings. The molecule has 2 aliphatic heterocycles. The molecule has 0 spiro atoms. The number of carbonyl (C=O) groups is 3. The maximum absolute atomic E-state index is 12.6. The summed E-state index contributed by atoms with van der Waals surface area (Å²) in [6.07, 6.45) is 0. The number of rotatable bonds is 7. The minimum atomic E-state index is -0.435. The summed E-state index contributed by atoms with van der Waals surface area (Å²) in [6.45, 7) is 2.83. The van der Waals surface area contributed by atoms with Crippen LogP contribution in [0.15, 0.2) is 48.5 Å². The van der Waals surface area contributed by atoms with E-state index in [0.717, 1.165) is 29.3 Å². The van der Waals surface area contributed by atoms with Crippen molar-refractivity contribution < 1.29 is 23.9 Å². The number of fused-ring (bicyclic) bond motifs is 1. The van der Waals surface area contributed by atoms with Crippen molar-refractivity contribution >= 4 is 17.7 Å². The van der Waals surface area contributed by atoms with Gasteiger partial charge in [-0.05, 0) is 29.8 Å². The van der Waals surface area contributed by atoms with Gasteiger partial charge >= 0.3 is 0 Å². The smallest absolute Gasteiger partial charge is 0.262 e. The molecule has 3 amide bonds. The van der Waals surface area contributed by atoms with Gasteiger partial charge in [0.05, 0.1) is 37.5 Å². The van der Waals surface area contributed by atoms with E-state index >= 15 is 0 Å². The first-order valence-corrected chi connectivity index (χ1v) is 10.3. The van der Waals surface area contributed by atoms with E-state index in [4.69, 9.17) is 9.47 Å². The van der Waals surface area contributed by atoms with E-state index in [9.17, 15) is 14.4 Å². The van der Waals surface area contributed by atoms with Gasteiger partial charge in [0, 0.05) is 19.6 Å². The molecule has 31 heavy (non-hydrogen) atoms. The molecule has 2 aromatic carbocycles. The Balaban J connectivity index is 1.42. The lowest BCUT2D eigenvalue weighted by Crippen LogP contribution is -2.46. The van der Waals surface area contributed by atoms with E-state index in [2.05, 4.69) is 10.2 Å². The lowest BCUT2D eigenvalue weighted by molar-refractivity contribution is -0.121. The van der Waals surface area contributed by atoms with Crippen LogP contribution in [0, 0.1) is 0 Å². The molecule has 0 saturated carbocycles. The maximum atomic E-state index is 12.6. The SMILES string of the molecule is COc1ccc([C@@H](CNC(=O)CN2C(=O)c3ccccc3C2=O)N2CCOCC2)cc1. The molecule has 8 heteroatoms. The Bertz CT molecular complexity index is 934. The molecule has 1 saturated heterocycles. The highest BCUT2D eigenvalue weighted by Crippen LogP contribution is 2.24. The number of benzene rings is 2. The lowest BCUT2D eigenvalue weighted by atomic mass is 10.0. The molecule has 4 rings (SSSR count). The van der Waals surface area contributed by atoms with Crippen LogP contribution in [0.25, 0.3) is 0 Å². The average Bonchev–Trinajstić information content (AvgIpc) is 3.05. The van der Waals surface area contributed by atoms with Crippen molar-refractivity contribution in [2.24, 2.45) is 0 Å². The number of carbonyl (C=O) groups excluding carboxylic acids is 3. The maximum Gasteiger partial charge on any atom is 0.262 e. The molecule has 8 nitrogen and oxygen atoms in total. The highest BCUT2D eigenvalue weighted by Gasteiger charge is 2.36. The predicted octanol–water partition coefficient (Wildman–Crippen LogP) is 1.48. The number of methoxy groups -OCH3 is 1. The van der Waals surface area contributed by atoms with Gasteiger partial charge < -0.3 is 14.8 Å². The summed E-state index contributed by atoms with van der Waals surface area (Å²) in [5.74, 6) is -0.480. The second kappa shape index (κ2) is 9.28. The molecule has 0 aliphatic carbocycles. The standard InChI is InChI=1S/C23H25N3O5/c1-30-17-8-6-16(7-9-17)20(25-10-12-31-13-11-25)14-24-21(27)15-26-22(28)18-4-2-3-5-19(18)23(26)29/h2-9,20H,10-15H2,1H3,(H,24,27)/t20-/m1/s1. The summed E-state index contributed by atoms with van der Waals surface area (Å²) in [5.41, 5.74) is 1.72. The third kappa shape index (κ3) is 4.45. The van der Waals surface area contributed by atoms with Crippen LogP contribution in [-0.2, 0) is 9.53 Å². The molecular formula is C23H25N3O5. The second-order valence-electron chi connectivity index (χ2n) is 7.48. The normalized spacial score (nSPS) is 17.4. The van der Waals surface area contributed by atoms with E-state index < -0.39 is 11.8 Å². The number of amides is 3. The Hall–Kier alpha value is -3.23. The van der Waals surface area contributed by atoms with E-state index in [-0.39, 0.29) is 18.5 Å². The number of hydrogen-bond acceptors (Lipinski definition) is 6. The van der Waals surface area contributed by atoms with Crippen LogP contribution >= 0.6 is 0 Å². The Kier molecular flexibility index (Phi) is 6.29. The van der Waals surface area contributed by atoms with Crippen molar-refractivity contribution in [3.05, 3.63) is 65.2 Å². The van der Waals surface area contributed by atoms with E-state index in [1.54, 1.807) is 31.4 Å². The largest absolute Gasteiger partial charge is 0.497 e. The van der Waals surface area contributed by atoms with Crippen molar-refractivity contribution in [3.63, 3.8) is 0 Å². The quantitative estimate of drug-likeness (QED) is 0.679. The highest BCUT2D eigenvalue weighted by molar-refractivity contribution is 6.22. The van der Waals surface area contributed by atoms with Gasteiger partial charge in [0.25, 0.3) is 11.8 Å². The van der Waals surface area contributed by atoms with Gasteiger partial charge in [-0.15, -0.1) is 0 Å². The molecule has 162 valence electrons. The summed E-state index contributed by atoms with van der Waals surface area (Å²) >= 11 is 0. The summed E-state index contributed by atoms with van der Waals surface area (Å²) < 4.78 is 10.7. The minimum absolute atomic E-state index is 0.0547. The molecule has 0 aromatic heterocycles. The first-order valence-electron chi connectivity index (χ1n) is 10.3. The number of imide groups is 1. The van der Waals surface area contributed by atoms with Crippen molar-refractivity contribution in [2.45, 2.75) is 6.04 Å². The topological polar surface area (TPSA) is 88.2 Å². The molecule has 2 heterocycles. The number of nitrogens with zero attached hydrogens (tertiary/aromatic N) is 2. The van der Waals surface area contributed by atoms with Gasteiger partial charge in [-0.1, -0.05) is 24.3 Å². The zero-order valence-corrected chi connectivity index (χ0v) is 17.4. The second-order valence-corrected chi connectivity index (χ2v) is 7.48. The highest BCUT2D eigenvalue weighted by atomic mass is 16.5. The molecule has 0 unspecified atom stereocenters. The van der Waals surface area contributed by atoms with E-state index in [1.807, 2.05) is 24.3 Å². The number of nitrogens with one attached hydrogen (secondary N) is 1. The average molecular weight is 423 g/mol. The number of ether oxygens (including phenoxy) is 2. The van der Waals surface area contributed by atoms with Crippen molar-refractivity contribution in [3.8, 4) is 5.75 Å². The summed E-state index contributed by atoms with van der Waals surface area (Å²) in [7, 11) is 1.62. The Morgan fingerprint density at radius 3 is 2.23 bits per heavy atom. The molecule has 2 aromatic rings. The minimum Gasteiger partial charge on any atom is -0.497 e. The zero-order valence-electron chi connectivity index (χ0n) is 17.4. The van der Waals surface area contributed by atoms with Crippen LogP contribution in [0.5, 0.6) is 5.75 Å². The van der Waals surface area contributed by atoms with Gasteiger partial charge in [0.15, 0.2) is 0 Å². The fourth-order valence-corrected chi connectivity index (χ4v) is 3.97. The number of hydrogen-bond donors (Lipinski definition) is 1. The predicted molar refractivity (Wildman–Crippen MR) is 113 cm³/mol. The van der Waals surface area contributed by atoms with Gasteiger partial charge in [0.2, 0.25) is 5.91 Å². The van der Waals surface area contributed by atoms with Crippen LogP contribution in [0.2, 0.25) is 0 Å². The fourth-order valence-electron chi connectivity index (χ4n) is 3.97. The third-order valence-corrected chi connectivity index (χ3v) is 5.66. The Morgan fingerprint density at radius 2 is 1.65 bits per heavy atom.